The molecule has 3 rings (SSSR count). The molecule has 28 heavy (non-hydrogen) atoms. The highest BCUT2D eigenvalue weighted by atomic mass is 16.6. The summed E-state index contributed by atoms with van der Waals surface area (Å²) in [6.07, 6.45) is 2.09. The van der Waals surface area contributed by atoms with Gasteiger partial charge in [0.05, 0.1) is 22.6 Å². The molecule has 1 atom stereocenters. The lowest BCUT2D eigenvalue weighted by atomic mass is 10.2. The Labute approximate surface area is 163 Å². The molecule has 0 saturated carbocycles. The van der Waals surface area contributed by atoms with E-state index < -0.39 is 11.0 Å². The van der Waals surface area contributed by atoms with Crippen molar-refractivity contribution in [3.05, 3.63) is 39.3 Å². The number of nitrogens with zero attached hydrogens (tertiary/aromatic N) is 7. The number of aryl methyl sites for hydroxylation is 3. The molecule has 152 valence electrons. The van der Waals surface area contributed by atoms with E-state index in [1.54, 1.807) is 13.8 Å². The molecule has 0 bridgehead atoms. The summed E-state index contributed by atoms with van der Waals surface area (Å²) in [6, 6.07) is 0.825. The maximum absolute atomic E-state index is 12.9. The molecule has 1 unspecified atom stereocenters. The minimum Gasteiger partial charge on any atom is -0.358 e. The van der Waals surface area contributed by atoms with E-state index in [0.717, 1.165) is 31.9 Å². The zero-order chi connectivity index (χ0) is 20.4. The van der Waals surface area contributed by atoms with Crippen LogP contribution in [0, 0.1) is 24.0 Å². The van der Waals surface area contributed by atoms with E-state index >= 15 is 0 Å². The van der Waals surface area contributed by atoms with Gasteiger partial charge < -0.3 is 15.0 Å². The Balaban J connectivity index is 1.58. The van der Waals surface area contributed by atoms with Crippen LogP contribution in [-0.2, 0) is 17.9 Å². The van der Waals surface area contributed by atoms with Gasteiger partial charge in [0, 0.05) is 51.0 Å². The van der Waals surface area contributed by atoms with Crippen molar-refractivity contribution in [1.82, 2.24) is 29.4 Å². The molecule has 3 heterocycles. The van der Waals surface area contributed by atoms with Crippen molar-refractivity contribution in [3.8, 4) is 0 Å². The molecule has 2 aromatic heterocycles. The van der Waals surface area contributed by atoms with Crippen molar-refractivity contribution in [2.75, 3.05) is 26.2 Å². The molecular formula is C18H27N7O3. The van der Waals surface area contributed by atoms with E-state index in [2.05, 4.69) is 28.2 Å². The monoisotopic (exact) mass is 389 g/mol. The first-order chi connectivity index (χ1) is 13.3. The maximum atomic E-state index is 12.9. The Morgan fingerprint density at radius 3 is 2.46 bits per heavy atom. The highest BCUT2D eigenvalue weighted by Gasteiger charge is 2.30. The van der Waals surface area contributed by atoms with Crippen LogP contribution in [0.3, 0.4) is 0 Å². The second kappa shape index (κ2) is 8.09. The van der Waals surface area contributed by atoms with E-state index in [0.29, 0.717) is 18.8 Å². The predicted molar refractivity (Wildman–Crippen MR) is 103 cm³/mol. The van der Waals surface area contributed by atoms with Gasteiger partial charge in [0.2, 0.25) is 5.91 Å². The van der Waals surface area contributed by atoms with Crippen molar-refractivity contribution in [3.63, 3.8) is 0 Å². The summed E-state index contributed by atoms with van der Waals surface area (Å²) >= 11 is 0. The third-order valence-electron chi connectivity index (χ3n) is 5.27. The van der Waals surface area contributed by atoms with Gasteiger partial charge in [-0.25, -0.2) is 0 Å². The Morgan fingerprint density at radius 1 is 1.25 bits per heavy atom. The molecule has 0 aromatic carbocycles. The summed E-state index contributed by atoms with van der Waals surface area (Å²) in [6.45, 7) is 12.1. The van der Waals surface area contributed by atoms with Crippen LogP contribution in [0.4, 0.5) is 5.82 Å². The van der Waals surface area contributed by atoms with Gasteiger partial charge in [-0.1, -0.05) is 0 Å². The van der Waals surface area contributed by atoms with Crippen molar-refractivity contribution in [1.29, 1.82) is 0 Å². The number of aromatic nitrogens is 4. The molecule has 10 heteroatoms. The molecular weight excluding hydrogens is 362 g/mol. The number of carbonyl (C=O) groups excluding carboxylic acids is 1. The number of hydrogen-bond donors (Lipinski definition) is 0. The lowest BCUT2D eigenvalue weighted by Crippen LogP contribution is -2.50. The summed E-state index contributed by atoms with van der Waals surface area (Å²) in [5.74, 6) is -0.291. The summed E-state index contributed by atoms with van der Waals surface area (Å²) in [7, 11) is 0. The van der Waals surface area contributed by atoms with Crippen LogP contribution in [0.5, 0.6) is 0 Å². The molecule has 2 aromatic rings. The number of rotatable bonds is 6. The second-order valence-electron chi connectivity index (χ2n) is 7.22. The fourth-order valence-corrected chi connectivity index (χ4v) is 3.56. The largest absolute Gasteiger partial charge is 0.390 e. The topological polar surface area (TPSA) is 102 Å². The lowest BCUT2D eigenvalue weighted by Gasteiger charge is -2.35. The van der Waals surface area contributed by atoms with Crippen molar-refractivity contribution >= 4 is 11.7 Å². The van der Waals surface area contributed by atoms with Crippen molar-refractivity contribution in [2.24, 2.45) is 0 Å². The van der Waals surface area contributed by atoms with E-state index in [1.165, 1.54) is 16.3 Å². The average Bonchev–Trinajstić information content (AvgIpc) is 3.24. The zero-order valence-corrected chi connectivity index (χ0v) is 16.8. The number of nitro groups is 1. The van der Waals surface area contributed by atoms with Crippen LogP contribution >= 0.6 is 0 Å². The van der Waals surface area contributed by atoms with E-state index in [1.807, 2.05) is 16.5 Å². The molecule has 1 aliphatic rings. The number of piperazine rings is 1. The van der Waals surface area contributed by atoms with Crippen LogP contribution in [0.15, 0.2) is 12.3 Å². The summed E-state index contributed by atoms with van der Waals surface area (Å²) in [4.78, 5) is 27.4. The second-order valence-corrected chi connectivity index (χ2v) is 7.22. The SMILES string of the molecule is CCn1cc(CN2CCN(C(=O)C(C)n3nc([N+](=O)[O-])cc3C)CC2)c(C)n1. The van der Waals surface area contributed by atoms with Gasteiger partial charge in [0.25, 0.3) is 0 Å². The fraction of sp³-hybridized carbons (Fsp3) is 0.611. The molecule has 0 aliphatic carbocycles. The van der Waals surface area contributed by atoms with Gasteiger partial charge in [-0.15, -0.1) is 0 Å². The maximum Gasteiger partial charge on any atom is 0.390 e. The van der Waals surface area contributed by atoms with Gasteiger partial charge in [0.15, 0.2) is 0 Å². The lowest BCUT2D eigenvalue weighted by molar-refractivity contribution is -0.389. The predicted octanol–water partition coefficient (Wildman–Crippen LogP) is 1.53. The van der Waals surface area contributed by atoms with Crippen LogP contribution < -0.4 is 0 Å². The van der Waals surface area contributed by atoms with Crippen molar-refractivity contribution < 1.29 is 9.72 Å². The number of amides is 1. The molecule has 1 saturated heterocycles. The smallest absolute Gasteiger partial charge is 0.358 e. The van der Waals surface area contributed by atoms with Gasteiger partial charge in [0.1, 0.15) is 6.04 Å². The van der Waals surface area contributed by atoms with Gasteiger partial charge >= 0.3 is 5.82 Å². The standard InChI is InChI=1S/C18H27N7O3/c1-5-23-12-16(14(3)19-23)11-21-6-8-22(9-7-21)18(26)15(4)24-13(2)10-17(20-24)25(27)28/h10,12,15H,5-9,11H2,1-4H3. The summed E-state index contributed by atoms with van der Waals surface area (Å²) < 4.78 is 3.38. The first-order valence-corrected chi connectivity index (χ1v) is 9.54. The summed E-state index contributed by atoms with van der Waals surface area (Å²) in [5.41, 5.74) is 2.87. The average molecular weight is 389 g/mol. The number of hydrogen-bond acceptors (Lipinski definition) is 6. The highest BCUT2D eigenvalue weighted by Crippen LogP contribution is 2.19. The third kappa shape index (κ3) is 4.06. The molecule has 0 spiro atoms. The molecule has 10 nitrogen and oxygen atoms in total. The van der Waals surface area contributed by atoms with E-state index in [9.17, 15) is 14.9 Å². The molecule has 0 N–H and O–H groups in total. The van der Waals surface area contributed by atoms with Crippen LogP contribution in [-0.4, -0.2) is 66.4 Å². The van der Waals surface area contributed by atoms with Crippen molar-refractivity contribution in [2.45, 2.75) is 46.8 Å². The number of carbonyl (C=O) groups is 1. The van der Waals surface area contributed by atoms with Crippen LogP contribution in [0.1, 0.15) is 36.8 Å². The fourth-order valence-electron chi connectivity index (χ4n) is 3.56. The zero-order valence-electron chi connectivity index (χ0n) is 16.8. The third-order valence-corrected chi connectivity index (χ3v) is 5.27. The van der Waals surface area contributed by atoms with E-state index in [4.69, 9.17) is 0 Å². The molecule has 1 fully saturated rings. The normalized spacial score (nSPS) is 16.4. The summed E-state index contributed by atoms with van der Waals surface area (Å²) in [5, 5.41) is 19.4. The quantitative estimate of drug-likeness (QED) is 0.548. The van der Waals surface area contributed by atoms with Crippen LogP contribution in [0.25, 0.3) is 0 Å². The van der Waals surface area contributed by atoms with Gasteiger partial charge in [-0.05, 0) is 32.6 Å². The Bertz CT molecular complexity index is 865. The Hall–Kier alpha value is -2.75. The Kier molecular flexibility index (Phi) is 5.78. The minimum absolute atomic E-state index is 0.0595. The van der Waals surface area contributed by atoms with Crippen LogP contribution in [0.2, 0.25) is 0 Å². The first kappa shape index (κ1) is 20.0. The van der Waals surface area contributed by atoms with Gasteiger partial charge in [-0.2, -0.15) is 9.78 Å². The highest BCUT2D eigenvalue weighted by molar-refractivity contribution is 5.80. The molecule has 1 amide bonds. The Morgan fingerprint density at radius 2 is 1.93 bits per heavy atom. The first-order valence-electron chi connectivity index (χ1n) is 9.54. The minimum atomic E-state index is -0.565. The van der Waals surface area contributed by atoms with Gasteiger partial charge in [-0.3, -0.25) is 14.4 Å². The molecule has 1 aliphatic heterocycles. The van der Waals surface area contributed by atoms with E-state index in [-0.39, 0.29) is 11.7 Å². The molecule has 0 radical (unpaired) electrons.